The summed E-state index contributed by atoms with van der Waals surface area (Å²) in [6, 6.07) is 5.46. The van der Waals surface area contributed by atoms with Gasteiger partial charge in [-0.2, -0.15) is 0 Å². The summed E-state index contributed by atoms with van der Waals surface area (Å²) in [6.07, 6.45) is 5.00. The number of rotatable bonds is 4. The molecule has 4 rings (SSSR count). The van der Waals surface area contributed by atoms with Crippen molar-refractivity contribution in [1.29, 1.82) is 0 Å². The molecule has 1 aliphatic carbocycles. The minimum absolute atomic E-state index is 0.108. The third-order valence-corrected chi connectivity index (χ3v) is 7.80. The summed E-state index contributed by atoms with van der Waals surface area (Å²) in [4.78, 5) is 15.7. The number of pyridine rings is 1. The van der Waals surface area contributed by atoms with Gasteiger partial charge in [0.1, 0.15) is 10.6 Å². The van der Waals surface area contributed by atoms with Crippen molar-refractivity contribution in [3.8, 4) is 11.3 Å². The molecule has 1 saturated heterocycles. The van der Waals surface area contributed by atoms with Gasteiger partial charge in [0.15, 0.2) is 9.84 Å². The summed E-state index contributed by atoms with van der Waals surface area (Å²) in [5.74, 6) is 0.960. The second-order valence-electron chi connectivity index (χ2n) is 7.65. The second-order valence-corrected chi connectivity index (χ2v) is 9.97. The molecule has 1 atom stereocenters. The summed E-state index contributed by atoms with van der Waals surface area (Å²) >= 11 is 0. The van der Waals surface area contributed by atoms with Crippen molar-refractivity contribution in [3.05, 3.63) is 30.1 Å². The van der Waals surface area contributed by atoms with E-state index in [0.717, 1.165) is 12.0 Å². The number of hydrogen-bond donors (Lipinski definition) is 1. The highest BCUT2D eigenvalue weighted by molar-refractivity contribution is 7.91. The van der Waals surface area contributed by atoms with E-state index in [4.69, 9.17) is 20.4 Å². The van der Waals surface area contributed by atoms with Crippen LogP contribution in [0, 0.1) is 0 Å². The molecule has 0 spiro atoms. The standard InChI is InChI=1S/C19H25N5O3S/c1-13-12-27-9-8-24(13)18-22-15(14-4-5-17(20)21-11-14)10-16(23-18)19(6-3-7-19)28(2,25)26/h4-5,10-11,13H,3,6-9,12H2,1-2H3,(H2,20,21)/t13-/m0/s1. The van der Waals surface area contributed by atoms with Gasteiger partial charge in [0.2, 0.25) is 5.95 Å². The monoisotopic (exact) mass is 403 g/mol. The minimum Gasteiger partial charge on any atom is -0.384 e. The van der Waals surface area contributed by atoms with Crippen LogP contribution < -0.4 is 10.6 Å². The highest BCUT2D eigenvalue weighted by Crippen LogP contribution is 2.48. The molecule has 2 aliphatic rings. The molecule has 8 nitrogen and oxygen atoms in total. The van der Waals surface area contributed by atoms with E-state index in [-0.39, 0.29) is 6.04 Å². The molecule has 1 aliphatic heterocycles. The van der Waals surface area contributed by atoms with Gasteiger partial charge in [-0.15, -0.1) is 0 Å². The summed E-state index contributed by atoms with van der Waals surface area (Å²) in [7, 11) is -3.32. The third-order valence-electron chi connectivity index (χ3n) is 5.76. The third kappa shape index (κ3) is 3.22. The number of sulfone groups is 1. The molecular weight excluding hydrogens is 378 g/mol. The predicted molar refractivity (Wildman–Crippen MR) is 108 cm³/mol. The van der Waals surface area contributed by atoms with Crippen LogP contribution in [0.25, 0.3) is 11.3 Å². The Balaban J connectivity index is 1.87. The Morgan fingerprint density at radius 3 is 2.64 bits per heavy atom. The molecule has 2 aromatic rings. The van der Waals surface area contributed by atoms with E-state index >= 15 is 0 Å². The first-order valence-corrected chi connectivity index (χ1v) is 11.3. The molecule has 1 saturated carbocycles. The molecule has 0 radical (unpaired) electrons. The van der Waals surface area contributed by atoms with Crippen LogP contribution in [0.5, 0.6) is 0 Å². The highest BCUT2D eigenvalue weighted by atomic mass is 32.2. The summed E-state index contributed by atoms with van der Waals surface area (Å²) in [6.45, 7) is 3.89. The van der Waals surface area contributed by atoms with Crippen molar-refractivity contribution >= 4 is 21.6 Å². The zero-order chi connectivity index (χ0) is 19.9. The fourth-order valence-corrected chi connectivity index (χ4v) is 5.35. The summed E-state index contributed by atoms with van der Waals surface area (Å²) in [5, 5.41) is 0. The number of hydrogen-bond acceptors (Lipinski definition) is 8. The van der Waals surface area contributed by atoms with Crippen LogP contribution in [0.3, 0.4) is 0 Å². The van der Waals surface area contributed by atoms with Crippen molar-refractivity contribution in [1.82, 2.24) is 15.0 Å². The minimum atomic E-state index is -3.32. The van der Waals surface area contributed by atoms with Gasteiger partial charge in [-0.3, -0.25) is 0 Å². The SMILES string of the molecule is C[C@H]1COCCN1c1nc(-c2ccc(N)nc2)cc(C2(S(C)(=O)=O)CCC2)n1. The Kier molecular flexibility index (Phi) is 4.75. The lowest BCUT2D eigenvalue weighted by Gasteiger charge is -2.40. The van der Waals surface area contributed by atoms with Crippen LogP contribution in [0.4, 0.5) is 11.8 Å². The van der Waals surface area contributed by atoms with Gasteiger partial charge in [0, 0.05) is 24.6 Å². The van der Waals surface area contributed by atoms with Crippen molar-refractivity contribution in [2.24, 2.45) is 0 Å². The van der Waals surface area contributed by atoms with Gasteiger partial charge in [-0.25, -0.2) is 23.4 Å². The van der Waals surface area contributed by atoms with Crippen LogP contribution in [-0.2, 0) is 19.3 Å². The Labute approximate surface area is 165 Å². The molecule has 0 unspecified atom stereocenters. The van der Waals surface area contributed by atoms with Crippen LogP contribution in [0.2, 0.25) is 0 Å². The number of morpholine rings is 1. The Morgan fingerprint density at radius 2 is 2.07 bits per heavy atom. The zero-order valence-corrected chi connectivity index (χ0v) is 16.9. The molecule has 2 fully saturated rings. The van der Waals surface area contributed by atoms with E-state index in [0.29, 0.717) is 55.8 Å². The van der Waals surface area contributed by atoms with Crippen molar-refractivity contribution in [2.45, 2.75) is 37.0 Å². The van der Waals surface area contributed by atoms with Gasteiger partial charge in [-0.05, 0) is 44.4 Å². The van der Waals surface area contributed by atoms with Crippen LogP contribution in [0.15, 0.2) is 24.4 Å². The largest absolute Gasteiger partial charge is 0.384 e. The Hall–Kier alpha value is -2.26. The molecule has 28 heavy (non-hydrogen) atoms. The Morgan fingerprint density at radius 1 is 1.29 bits per heavy atom. The van der Waals surface area contributed by atoms with E-state index in [9.17, 15) is 8.42 Å². The lowest BCUT2D eigenvalue weighted by Crippen LogP contribution is -2.46. The maximum absolute atomic E-state index is 12.7. The molecule has 3 heterocycles. The number of nitrogen functional groups attached to an aromatic ring is 1. The van der Waals surface area contributed by atoms with E-state index < -0.39 is 14.6 Å². The summed E-state index contributed by atoms with van der Waals surface area (Å²) < 4.78 is 29.9. The number of aromatic nitrogens is 3. The average molecular weight is 404 g/mol. The first-order valence-electron chi connectivity index (χ1n) is 9.46. The number of anilines is 2. The Bertz CT molecular complexity index is 974. The first-order chi connectivity index (χ1) is 13.3. The molecule has 2 aromatic heterocycles. The number of nitrogens with zero attached hydrogens (tertiary/aromatic N) is 4. The smallest absolute Gasteiger partial charge is 0.226 e. The lowest BCUT2D eigenvalue weighted by atomic mass is 9.81. The van der Waals surface area contributed by atoms with E-state index in [1.54, 1.807) is 18.3 Å². The van der Waals surface area contributed by atoms with Crippen LogP contribution in [-0.4, -0.2) is 55.4 Å². The summed E-state index contributed by atoms with van der Waals surface area (Å²) in [5.41, 5.74) is 7.71. The molecule has 0 aromatic carbocycles. The second kappa shape index (κ2) is 6.97. The van der Waals surface area contributed by atoms with Crippen LogP contribution in [0.1, 0.15) is 31.9 Å². The van der Waals surface area contributed by atoms with Gasteiger partial charge < -0.3 is 15.4 Å². The maximum atomic E-state index is 12.7. The normalized spacial score (nSPS) is 21.9. The quantitative estimate of drug-likeness (QED) is 0.822. The molecule has 150 valence electrons. The van der Waals surface area contributed by atoms with E-state index in [2.05, 4.69) is 16.8 Å². The van der Waals surface area contributed by atoms with E-state index in [1.165, 1.54) is 6.26 Å². The molecule has 9 heteroatoms. The molecule has 0 bridgehead atoms. The fraction of sp³-hybridized carbons (Fsp3) is 0.526. The maximum Gasteiger partial charge on any atom is 0.226 e. The number of nitrogens with two attached hydrogens (primary N) is 1. The van der Waals surface area contributed by atoms with Crippen molar-refractivity contribution in [2.75, 3.05) is 36.6 Å². The molecule has 0 amide bonds. The molecule has 2 N–H and O–H groups in total. The number of ether oxygens (including phenoxy) is 1. The zero-order valence-electron chi connectivity index (χ0n) is 16.1. The van der Waals surface area contributed by atoms with Crippen LogP contribution >= 0.6 is 0 Å². The van der Waals surface area contributed by atoms with Crippen molar-refractivity contribution < 1.29 is 13.2 Å². The topological polar surface area (TPSA) is 111 Å². The van der Waals surface area contributed by atoms with Gasteiger partial charge in [-0.1, -0.05) is 0 Å². The first kappa shape index (κ1) is 19.1. The predicted octanol–water partition coefficient (Wildman–Crippen LogP) is 1.77. The van der Waals surface area contributed by atoms with Crippen molar-refractivity contribution in [3.63, 3.8) is 0 Å². The average Bonchev–Trinajstić information content (AvgIpc) is 2.60. The fourth-order valence-electron chi connectivity index (χ4n) is 3.84. The van der Waals surface area contributed by atoms with Gasteiger partial charge in [0.05, 0.1) is 30.6 Å². The highest BCUT2D eigenvalue weighted by Gasteiger charge is 2.49. The molecular formula is C19H25N5O3S. The van der Waals surface area contributed by atoms with E-state index in [1.807, 2.05) is 6.07 Å². The van der Waals surface area contributed by atoms with Gasteiger partial charge >= 0.3 is 0 Å². The lowest BCUT2D eigenvalue weighted by molar-refractivity contribution is 0.0980. The van der Waals surface area contributed by atoms with Gasteiger partial charge in [0.25, 0.3) is 0 Å².